The molecular weight excluding hydrogens is 294 g/mol. The van der Waals surface area contributed by atoms with E-state index in [1.165, 1.54) is 16.3 Å². The van der Waals surface area contributed by atoms with E-state index in [2.05, 4.69) is 72.9 Å². The number of hydrogen-bond donors (Lipinski definition) is 1. The van der Waals surface area contributed by atoms with Crippen molar-refractivity contribution >= 4 is 16.8 Å². The molecule has 3 aromatic carbocycles. The van der Waals surface area contributed by atoms with E-state index >= 15 is 0 Å². The van der Waals surface area contributed by atoms with Gasteiger partial charge in [0, 0.05) is 6.04 Å². The maximum Gasteiger partial charge on any atom is 0.110 e. The fraction of sp³-hybridized carbons (Fsp3) is 0.182. The lowest BCUT2D eigenvalue weighted by Crippen LogP contribution is -2.22. The lowest BCUT2D eigenvalue weighted by atomic mass is 10.00. The van der Waals surface area contributed by atoms with E-state index in [1.807, 2.05) is 18.2 Å². The Balaban J connectivity index is 1.74. The summed E-state index contributed by atoms with van der Waals surface area (Å²) in [5, 5.41) is 6.14. The number of fused-ring (bicyclic) bond motifs is 1. The third-order valence-corrected chi connectivity index (χ3v) is 4.26. The van der Waals surface area contributed by atoms with Crippen LogP contribution >= 0.6 is 0 Å². The van der Waals surface area contributed by atoms with Crippen molar-refractivity contribution in [3.05, 3.63) is 89.7 Å². The second-order valence-corrected chi connectivity index (χ2v) is 5.90. The van der Waals surface area contributed by atoms with Gasteiger partial charge in [0.05, 0.1) is 13.7 Å². The molecule has 0 saturated heterocycles. The maximum absolute atomic E-state index is 5.53. The summed E-state index contributed by atoms with van der Waals surface area (Å²) in [6.07, 6.45) is 2.07. The molecule has 0 aromatic heterocycles. The van der Waals surface area contributed by atoms with Gasteiger partial charge in [0.1, 0.15) is 5.76 Å². The molecule has 2 heteroatoms. The molecule has 122 valence electrons. The summed E-state index contributed by atoms with van der Waals surface area (Å²) in [5.74, 6) is 0.924. The predicted molar refractivity (Wildman–Crippen MR) is 102 cm³/mol. The fourth-order valence-corrected chi connectivity index (χ4v) is 2.91. The van der Waals surface area contributed by atoms with Crippen molar-refractivity contribution < 1.29 is 4.74 Å². The van der Waals surface area contributed by atoms with Gasteiger partial charge in [-0.3, -0.25) is 0 Å². The summed E-state index contributed by atoms with van der Waals surface area (Å²) in [5.41, 5.74) is 2.46. The van der Waals surface area contributed by atoms with Crippen LogP contribution in [0.15, 0.2) is 78.6 Å². The van der Waals surface area contributed by atoms with E-state index in [9.17, 15) is 0 Å². The van der Waals surface area contributed by atoms with E-state index < -0.39 is 0 Å². The van der Waals surface area contributed by atoms with Crippen LogP contribution < -0.4 is 5.32 Å². The fourth-order valence-electron chi connectivity index (χ4n) is 2.91. The van der Waals surface area contributed by atoms with Gasteiger partial charge in [0.2, 0.25) is 0 Å². The SMILES string of the molecule is COC(=Cc1ccccc1)CNC(C)c1cccc2ccccc12. The van der Waals surface area contributed by atoms with E-state index in [1.54, 1.807) is 7.11 Å². The van der Waals surface area contributed by atoms with Crippen LogP contribution in [-0.4, -0.2) is 13.7 Å². The molecule has 1 N–H and O–H groups in total. The lowest BCUT2D eigenvalue weighted by molar-refractivity contribution is 0.280. The van der Waals surface area contributed by atoms with Crippen LogP contribution in [0, 0.1) is 0 Å². The first-order valence-corrected chi connectivity index (χ1v) is 8.28. The highest BCUT2D eigenvalue weighted by atomic mass is 16.5. The van der Waals surface area contributed by atoms with E-state index in [0.29, 0.717) is 6.54 Å². The van der Waals surface area contributed by atoms with Crippen molar-refractivity contribution in [1.29, 1.82) is 0 Å². The van der Waals surface area contributed by atoms with Crippen molar-refractivity contribution in [1.82, 2.24) is 5.32 Å². The van der Waals surface area contributed by atoms with Gasteiger partial charge in [0.25, 0.3) is 0 Å². The van der Waals surface area contributed by atoms with Crippen LogP contribution in [-0.2, 0) is 4.74 Å². The number of benzene rings is 3. The quantitative estimate of drug-likeness (QED) is 0.633. The summed E-state index contributed by atoms with van der Waals surface area (Å²) in [4.78, 5) is 0. The zero-order valence-corrected chi connectivity index (χ0v) is 14.2. The minimum absolute atomic E-state index is 0.241. The van der Waals surface area contributed by atoms with Crippen molar-refractivity contribution in [3.8, 4) is 0 Å². The van der Waals surface area contributed by atoms with Gasteiger partial charge in [-0.2, -0.15) is 0 Å². The van der Waals surface area contributed by atoms with Crippen LogP contribution in [0.2, 0.25) is 0 Å². The first kappa shape index (κ1) is 16.3. The van der Waals surface area contributed by atoms with Gasteiger partial charge >= 0.3 is 0 Å². The van der Waals surface area contributed by atoms with Gasteiger partial charge in [-0.1, -0.05) is 72.8 Å². The minimum Gasteiger partial charge on any atom is -0.500 e. The highest BCUT2D eigenvalue weighted by Crippen LogP contribution is 2.24. The molecule has 0 spiro atoms. The molecule has 2 nitrogen and oxygen atoms in total. The average molecular weight is 317 g/mol. The van der Waals surface area contributed by atoms with Crippen LogP contribution in [0.1, 0.15) is 24.1 Å². The molecule has 3 aromatic rings. The summed E-state index contributed by atoms with van der Waals surface area (Å²) in [7, 11) is 1.72. The van der Waals surface area contributed by atoms with Crippen LogP contribution in [0.25, 0.3) is 16.8 Å². The number of nitrogens with one attached hydrogen (secondary N) is 1. The molecule has 0 amide bonds. The van der Waals surface area contributed by atoms with Gasteiger partial charge in [-0.25, -0.2) is 0 Å². The third-order valence-electron chi connectivity index (χ3n) is 4.26. The first-order chi connectivity index (χ1) is 11.8. The lowest BCUT2D eigenvalue weighted by Gasteiger charge is -2.17. The molecular formula is C22H23NO. The molecule has 3 rings (SSSR count). The Morgan fingerprint density at radius 1 is 0.958 bits per heavy atom. The number of methoxy groups -OCH3 is 1. The monoisotopic (exact) mass is 317 g/mol. The van der Waals surface area contributed by atoms with Crippen molar-refractivity contribution in [2.75, 3.05) is 13.7 Å². The Kier molecular flexibility index (Phi) is 5.29. The molecule has 0 aliphatic heterocycles. The Bertz CT molecular complexity index is 818. The van der Waals surface area contributed by atoms with Crippen molar-refractivity contribution in [3.63, 3.8) is 0 Å². The molecule has 0 heterocycles. The molecule has 0 fully saturated rings. The smallest absolute Gasteiger partial charge is 0.110 e. The summed E-state index contributed by atoms with van der Waals surface area (Å²) in [6, 6.07) is 25.4. The topological polar surface area (TPSA) is 21.3 Å². The van der Waals surface area contributed by atoms with Gasteiger partial charge < -0.3 is 10.1 Å². The van der Waals surface area contributed by atoms with Crippen LogP contribution in [0.3, 0.4) is 0 Å². The van der Waals surface area contributed by atoms with E-state index in [0.717, 1.165) is 11.3 Å². The normalized spacial score (nSPS) is 13.0. The third kappa shape index (κ3) is 3.84. The molecule has 0 radical (unpaired) electrons. The molecule has 0 bridgehead atoms. The summed E-state index contributed by atoms with van der Waals surface area (Å²) >= 11 is 0. The van der Waals surface area contributed by atoms with Gasteiger partial charge in [0.15, 0.2) is 0 Å². The zero-order chi connectivity index (χ0) is 16.8. The van der Waals surface area contributed by atoms with Gasteiger partial charge in [-0.15, -0.1) is 0 Å². The summed E-state index contributed by atoms with van der Waals surface area (Å²) in [6.45, 7) is 2.88. The Morgan fingerprint density at radius 3 is 2.46 bits per heavy atom. The zero-order valence-electron chi connectivity index (χ0n) is 14.2. The Labute approximate surface area is 143 Å². The minimum atomic E-state index is 0.241. The molecule has 0 saturated carbocycles. The number of ether oxygens (including phenoxy) is 1. The van der Waals surface area contributed by atoms with Crippen molar-refractivity contribution in [2.45, 2.75) is 13.0 Å². The Hall–Kier alpha value is -2.58. The number of rotatable bonds is 6. The predicted octanol–water partition coefficient (Wildman–Crippen LogP) is 5.18. The average Bonchev–Trinajstić information content (AvgIpc) is 2.65. The summed E-state index contributed by atoms with van der Waals surface area (Å²) < 4.78 is 5.53. The second-order valence-electron chi connectivity index (χ2n) is 5.90. The Morgan fingerprint density at radius 2 is 1.67 bits per heavy atom. The van der Waals surface area contributed by atoms with Crippen molar-refractivity contribution in [2.24, 2.45) is 0 Å². The number of hydrogen-bond acceptors (Lipinski definition) is 2. The highest BCUT2D eigenvalue weighted by Gasteiger charge is 2.09. The van der Waals surface area contributed by atoms with E-state index in [4.69, 9.17) is 4.74 Å². The standard InChI is InChI=1S/C22H23NO/c1-17(21-14-8-12-19-11-6-7-13-22(19)21)23-16-20(24-2)15-18-9-4-3-5-10-18/h3-15,17,23H,16H2,1-2H3. The maximum atomic E-state index is 5.53. The molecule has 1 atom stereocenters. The molecule has 0 aliphatic carbocycles. The molecule has 1 unspecified atom stereocenters. The van der Waals surface area contributed by atoms with Crippen LogP contribution in [0.4, 0.5) is 0 Å². The van der Waals surface area contributed by atoms with Gasteiger partial charge in [-0.05, 0) is 34.9 Å². The van der Waals surface area contributed by atoms with E-state index in [-0.39, 0.29) is 6.04 Å². The largest absolute Gasteiger partial charge is 0.500 e. The first-order valence-electron chi connectivity index (χ1n) is 8.28. The second kappa shape index (κ2) is 7.80. The highest BCUT2D eigenvalue weighted by molar-refractivity contribution is 5.86. The molecule has 24 heavy (non-hydrogen) atoms. The van der Waals surface area contributed by atoms with Crippen LogP contribution in [0.5, 0.6) is 0 Å². The molecule has 0 aliphatic rings.